The van der Waals surface area contributed by atoms with E-state index in [0.29, 0.717) is 0 Å². The second-order valence-corrected chi connectivity index (χ2v) is 7.57. The van der Waals surface area contributed by atoms with Crippen molar-refractivity contribution in [2.75, 3.05) is 13.1 Å². The topological polar surface area (TPSA) is 24.9 Å². The fourth-order valence-corrected chi connectivity index (χ4v) is 4.21. The van der Waals surface area contributed by atoms with Crippen LogP contribution in [-0.2, 0) is 12.8 Å². The van der Waals surface area contributed by atoms with Gasteiger partial charge in [-0.15, -0.1) is 0 Å². The first-order chi connectivity index (χ1) is 11.2. The van der Waals surface area contributed by atoms with E-state index in [-0.39, 0.29) is 0 Å². The summed E-state index contributed by atoms with van der Waals surface area (Å²) in [6, 6.07) is 8.51. The Hall–Kier alpha value is -1.16. The van der Waals surface area contributed by atoms with Gasteiger partial charge < -0.3 is 5.32 Å². The van der Waals surface area contributed by atoms with Crippen molar-refractivity contribution in [2.45, 2.75) is 25.7 Å². The summed E-state index contributed by atoms with van der Waals surface area (Å²) in [5.41, 5.74) is 7.90. The van der Waals surface area contributed by atoms with Gasteiger partial charge in [0.05, 0.1) is 5.69 Å². The number of pyridine rings is 1. The van der Waals surface area contributed by atoms with Crippen molar-refractivity contribution < 1.29 is 0 Å². The summed E-state index contributed by atoms with van der Waals surface area (Å²) < 4.78 is 1.05. The van der Waals surface area contributed by atoms with E-state index in [9.17, 15) is 0 Å². The van der Waals surface area contributed by atoms with E-state index in [1.54, 1.807) is 0 Å². The van der Waals surface area contributed by atoms with Crippen LogP contribution in [0.4, 0.5) is 0 Å². The lowest BCUT2D eigenvalue weighted by Crippen LogP contribution is -2.25. The first-order valence-electron chi connectivity index (χ1n) is 8.09. The summed E-state index contributed by atoms with van der Waals surface area (Å²) in [4.78, 5) is 4.79. The van der Waals surface area contributed by atoms with Gasteiger partial charge in [-0.05, 0) is 88.6 Å². The molecule has 2 aliphatic rings. The minimum Gasteiger partial charge on any atom is -0.313 e. The van der Waals surface area contributed by atoms with Crippen LogP contribution < -0.4 is 5.32 Å². The normalized spacial score (nSPS) is 20.6. The lowest BCUT2D eigenvalue weighted by atomic mass is 9.90. The van der Waals surface area contributed by atoms with Crippen LogP contribution in [0.3, 0.4) is 0 Å². The van der Waals surface area contributed by atoms with Crippen molar-refractivity contribution >= 4 is 33.1 Å². The molecule has 1 fully saturated rings. The molecule has 2 aromatic rings. The molecule has 2 nitrogen and oxygen atoms in total. The predicted molar refractivity (Wildman–Crippen MR) is 98.9 cm³/mol. The molecule has 1 aromatic carbocycles. The second kappa shape index (κ2) is 6.39. The van der Waals surface area contributed by atoms with Gasteiger partial charge in [0, 0.05) is 27.8 Å². The molecule has 1 aliphatic heterocycles. The molecule has 1 aliphatic carbocycles. The fourth-order valence-electron chi connectivity index (χ4n) is 3.63. The van der Waals surface area contributed by atoms with Crippen molar-refractivity contribution in [1.82, 2.24) is 10.3 Å². The molecule has 0 atom stereocenters. The Morgan fingerprint density at radius 3 is 2.78 bits per heavy atom. The Bertz CT molecular complexity index is 734. The van der Waals surface area contributed by atoms with Crippen LogP contribution in [-0.4, -0.2) is 18.1 Å². The van der Waals surface area contributed by atoms with E-state index in [4.69, 9.17) is 16.6 Å². The van der Waals surface area contributed by atoms with Gasteiger partial charge in [-0.1, -0.05) is 17.7 Å². The number of nitrogens with zero attached hydrogens (tertiary/aromatic N) is 1. The predicted octanol–water partition coefficient (Wildman–Crippen LogP) is 4.78. The highest BCUT2D eigenvalue weighted by Gasteiger charge is 2.23. The molecule has 0 amide bonds. The second-order valence-electron chi connectivity index (χ2n) is 6.22. The standard InChI is InChI=1S/C19H18BrClN2/c20-15-8-13-4-3-12-9-16(21)5-6-17(12)18(19(13)23-11-15)14-2-1-7-22-10-14/h5-6,8-9,11,22H,1-4,7,10H2/b18-14-. The number of hydrogen-bond acceptors (Lipinski definition) is 2. The minimum absolute atomic E-state index is 0.815. The Morgan fingerprint density at radius 2 is 1.96 bits per heavy atom. The lowest BCUT2D eigenvalue weighted by Gasteiger charge is -2.22. The van der Waals surface area contributed by atoms with E-state index in [1.165, 1.54) is 34.3 Å². The fraction of sp³-hybridized carbons (Fsp3) is 0.316. The zero-order valence-electron chi connectivity index (χ0n) is 12.8. The van der Waals surface area contributed by atoms with Gasteiger partial charge in [0.1, 0.15) is 0 Å². The number of hydrogen-bond donors (Lipinski definition) is 1. The third-order valence-electron chi connectivity index (χ3n) is 4.69. The molecule has 0 spiro atoms. The maximum Gasteiger partial charge on any atom is 0.0741 e. The van der Waals surface area contributed by atoms with Gasteiger partial charge >= 0.3 is 0 Å². The van der Waals surface area contributed by atoms with Crippen molar-refractivity contribution in [3.8, 4) is 0 Å². The molecule has 1 aromatic heterocycles. The van der Waals surface area contributed by atoms with E-state index in [1.807, 2.05) is 12.3 Å². The number of nitrogens with one attached hydrogen (secondary N) is 1. The molecule has 0 unspecified atom stereocenters. The van der Waals surface area contributed by atoms with Crippen LogP contribution in [0.1, 0.15) is 35.2 Å². The Morgan fingerprint density at radius 1 is 1.09 bits per heavy atom. The van der Waals surface area contributed by atoms with E-state index < -0.39 is 0 Å². The number of rotatable bonds is 0. The maximum atomic E-state index is 6.25. The molecule has 4 heteroatoms. The Kier molecular flexibility index (Phi) is 4.27. The Balaban J connectivity index is 1.98. The average molecular weight is 390 g/mol. The van der Waals surface area contributed by atoms with Crippen molar-refractivity contribution in [3.05, 3.63) is 67.9 Å². The average Bonchev–Trinajstić information content (AvgIpc) is 2.72. The Labute approximate surface area is 150 Å². The van der Waals surface area contributed by atoms with Gasteiger partial charge in [0.2, 0.25) is 0 Å². The van der Waals surface area contributed by atoms with Crippen molar-refractivity contribution in [3.63, 3.8) is 0 Å². The van der Waals surface area contributed by atoms with Gasteiger partial charge in [0.25, 0.3) is 0 Å². The largest absolute Gasteiger partial charge is 0.313 e. The first kappa shape index (κ1) is 15.4. The van der Waals surface area contributed by atoms with Crippen LogP contribution in [0.2, 0.25) is 5.02 Å². The van der Waals surface area contributed by atoms with Gasteiger partial charge in [-0.25, -0.2) is 0 Å². The smallest absolute Gasteiger partial charge is 0.0741 e. The highest BCUT2D eigenvalue weighted by atomic mass is 79.9. The number of benzene rings is 1. The van der Waals surface area contributed by atoms with Crippen LogP contribution in [0.15, 0.2) is 40.5 Å². The molecule has 0 radical (unpaired) electrons. The third-order valence-corrected chi connectivity index (χ3v) is 5.36. The zero-order chi connectivity index (χ0) is 15.8. The van der Waals surface area contributed by atoms with Gasteiger partial charge in [-0.2, -0.15) is 0 Å². The number of halogens is 2. The van der Waals surface area contributed by atoms with E-state index in [2.05, 4.69) is 39.4 Å². The number of fused-ring (bicyclic) bond motifs is 2. The van der Waals surface area contributed by atoms with Crippen LogP contribution in [0.5, 0.6) is 0 Å². The molecule has 1 N–H and O–H groups in total. The molecule has 23 heavy (non-hydrogen) atoms. The summed E-state index contributed by atoms with van der Waals surface area (Å²) in [6.07, 6.45) is 6.25. The van der Waals surface area contributed by atoms with Crippen LogP contribution >= 0.6 is 27.5 Å². The number of aromatic nitrogens is 1. The van der Waals surface area contributed by atoms with Crippen LogP contribution in [0.25, 0.3) is 5.57 Å². The zero-order valence-corrected chi connectivity index (χ0v) is 15.2. The van der Waals surface area contributed by atoms with Gasteiger partial charge in [0.15, 0.2) is 0 Å². The van der Waals surface area contributed by atoms with E-state index in [0.717, 1.165) is 47.5 Å². The molecule has 0 saturated carbocycles. The molecule has 1 saturated heterocycles. The molecule has 118 valence electrons. The molecular formula is C19H18BrClN2. The lowest BCUT2D eigenvalue weighted by molar-refractivity contribution is 0.611. The third kappa shape index (κ3) is 2.98. The highest BCUT2D eigenvalue weighted by Crippen LogP contribution is 2.37. The molecule has 0 bridgehead atoms. The van der Waals surface area contributed by atoms with Crippen molar-refractivity contribution in [2.24, 2.45) is 0 Å². The molecular weight excluding hydrogens is 372 g/mol. The maximum absolute atomic E-state index is 6.25. The monoisotopic (exact) mass is 388 g/mol. The molecule has 4 rings (SSSR count). The summed E-state index contributed by atoms with van der Waals surface area (Å²) in [5.74, 6) is 0. The number of aryl methyl sites for hydroxylation is 2. The molecule has 2 heterocycles. The quantitative estimate of drug-likeness (QED) is 0.701. The summed E-state index contributed by atoms with van der Waals surface area (Å²) in [7, 11) is 0. The van der Waals surface area contributed by atoms with Gasteiger partial charge in [-0.3, -0.25) is 4.98 Å². The summed E-state index contributed by atoms with van der Waals surface area (Å²) in [5, 5.41) is 4.33. The van der Waals surface area contributed by atoms with Crippen molar-refractivity contribution in [1.29, 1.82) is 0 Å². The minimum atomic E-state index is 0.815. The summed E-state index contributed by atoms with van der Waals surface area (Å²) >= 11 is 9.82. The summed E-state index contributed by atoms with van der Waals surface area (Å²) in [6.45, 7) is 2.06. The highest BCUT2D eigenvalue weighted by molar-refractivity contribution is 9.10. The van der Waals surface area contributed by atoms with E-state index >= 15 is 0 Å². The SMILES string of the molecule is Clc1ccc2c(c1)CCc1cc(Br)cnc1/C2=C1/CCCNC1. The first-order valence-corrected chi connectivity index (χ1v) is 9.26. The number of piperidine rings is 1. The van der Waals surface area contributed by atoms with Crippen LogP contribution in [0, 0.1) is 0 Å².